The Labute approximate surface area is 173 Å². The van der Waals surface area contributed by atoms with E-state index in [1.165, 1.54) is 41.2 Å². The number of hydrogen-bond acceptors (Lipinski definition) is 7. The first kappa shape index (κ1) is 19.0. The molecule has 0 aliphatic rings. The third-order valence-electron chi connectivity index (χ3n) is 3.77. The maximum atomic E-state index is 12.5. The average Bonchev–Trinajstić information content (AvgIpc) is 3.06. The molecule has 3 aromatic heterocycles. The van der Waals surface area contributed by atoms with Gasteiger partial charge in [-0.05, 0) is 52.3 Å². The summed E-state index contributed by atoms with van der Waals surface area (Å²) in [4.78, 5) is 24.3. The van der Waals surface area contributed by atoms with Crippen LogP contribution in [0.2, 0.25) is 0 Å². The number of sulfonamides is 1. The molecule has 10 nitrogen and oxygen atoms in total. The highest BCUT2D eigenvalue weighted by atomic mass is 79.9. The fourth-order valence-electron chi connectivity index (χ4n) is 2.44. The van der Waals surface area contributed by atoms with Crippen molar-refractivity contribution in [3.63, 3.8) is 0 Å². The predicted octanol–water partition coefficient (Wildman–Crippen LogP) is 2.33. The Morgan fingerprint density at radius 2 is 1.69 bits per heavy atom. The number of anilines is 2. The molecule has 0 atom stereocenters. The van der Waals surface area contributed by atoms with E-state index in [-0.39, 0.29) is 16.5 Å². The molecule has 0 aliphatic carbocycles. The summed E-state index contributed by atoms with van der Waals surface area (Å²) in [6.45, 7) is 0. The van der Waals surface area contributed by atoms with Crippen molar-refractivity contribution < 1.29 is 13.2 Å². The third-order valence-corrected chi connectivity index (χ3v) is 5.84. The monoisotopic (exact) mass is 473 g/mol. The molecule has 0 radical (unpaired) electrons. The molecule has 2 N–H and O–H groups in total. The minimum Gasteiger partial charge on any atom is -0.321 e. The van der Waals surface area contributed by atoms with Crippen molar-refractivity contribution in [2.45, 2.75) is 4.90 Å². The molecule has 1 amide bonds. The molecule has 0 spiro atoms. The van der Waals surface area contributed by atoms with Crippen molar-refractivity contribution in [1.29, 1.82) is 0 Å². The van der Waals surface area contributed by atoms with Crippen molar-refractivity contribution in [2.24, 2.45) is 0 Å². The number of nitrogens with zero attached hydrogens (tertiary/aromatic N) is 5. The van der Waals surface area contributed by atoms with Crippen LogP contribution in [0.5, 0.6) is 0 Å². The number of amides is 1. The molecule has 0 unspecified atom stereocenters. The molecule has 0 aliphatic heterocycles. The van der Waals surface area contributed by atoms with Gasteiger partial charge in [0.05, 0.1) is 9.37 Å². The first-order chi connectivity index (χ1) is 13.9. The Kier molecular flexibility index (Phi) is 4.94. The van der Waals surface area contributed by atoms with Gasteiger partial charge < -0.3 is 5.32 Å². The zero-order chi connectivity index (χ0) is 20.4. The van der Waals surface area contributed by atoms with Gasteiger partial charge in [-0.3, -0.25) is 4.79 Å². The number of carbonyl (C=O) groups is 1. The van der Waals surface area contributed by atoms with E-state index in [0.29, 0.717) is 15.8 Å². The number of halogens is 1. The summed E-state index contributed by atoms with van der Waals surface area (Å²) < 4.78 is 29.0. The van der Waals surface area contributed by atoms with Crippen molar-refractivity contribution in [3.05, 3.63) is 71.4 Å². The van der Waals surface area contributed by atoms with Crippen LogP contribution in [0.3, 0.4) is 0 Å². The van der Waals surface area contributed by atoms with Crippen molar-refractivity contribution in [3.8, 4) is 0 Å². The van der Waals surface area contributed by atoms with Crippen LogP contribution in [0.15, 0.2) is 70.6 Å². The number of hydrogen-bond donors (Lipinski definition) is 2. The lowest BCUT2D eigenvalue weighted by Crippen LogP contribution is -2.16. The minimum absolute atomic E-state index is 0.000984. The maximum Gasteiger partial charge on any atom is 0.277 e. The summed E-state index contributed by atoms with van der Waals surface area (Å²) in [5.41, 5.74) is 1.07. The zero-order valence-electron chi connectivity index (χ0n) is 14.5. The molecular formula is C17H12BrN7O3S. The second kappa shape index (κ2) is 7.56. The van der Waals surface area contributed by atoms with E-state index in [2.05, 4.69) is 46.0 Å². The highest BCUT2D eigenvalue weighted by molar-refractivity contribution is 9.10. The van der Waals surface area contributed by atoms with E-state index < -0.39 is 15.9 Å². The van der Waals surface area contributed by atoms with Crippen LogP contribution >= 0.6 is 15.9 Å². The average molecular weight is 474 g/mol. The van der Waals surface area contributed by atoms with E-state index in [1.54, 1.807) is 24.5 Å². The summed E-state index contributed by atoms with van der Waals surface area (Å²) in [7, 11) is -3.85. The molecule has 0 fully saturated rings. The zero-order valence-corrected chi connectivity index (χ0v) is 16.9. The molecule has 146 valence electrons. The minimum atomic E-state index is -3.85. The highest BCUT2D eigenvalue weighted by Crippen LogP contribution is 2.22. The van der Waals surface area contributed by atoms with E-state index in [9.17, 15) is 13.2 Å². The second-order valence-electron chi connectivity index (χ2n) is 5.71. The van der Waals surface area contributed by atoms with Gasteiger partial charge in [0, 0.05) is 30.5 Å². The smallest absolute Gasteiger partial charge is 0.277 e. The van der Waals surface area contributed by atoms with E-state index in [4.69, 9.17) is 0 Å². The lowest BCUT2D eigenvalue weighted by molar-refractivity contribution is 0.102. The molecule has 0 bridgehead atoms. The molecular weight excluding hydrogens is 462 g/mol. The van der Waals surface area contributed by atoms with Gasteiger partial charge in [-0.25, -0.2) is 32.6 Å². The third kappa shape index (κ3) is 3.93. The molecule has 1 aromatic carbocycles. The van der Waals surface area contributed by atoms with Crippen molar-refractivity contribution in [1.82, 2.24) is 24.6 Å². The lowest BCUT2D eigenvalue weighted by Gasteiger charge is -2.08. The van der Waals surface area contributed by atoms with Crippen LogP contribution < -0.4 is 10.0 Å². The van der Waals surface area contributed by atoms with Crippen LogP contribution in [0, 0.1) is 0 Å². The number of carbonyl (C=O) groups excluding carboxylic acids is 1. The summed E-state index contributed by atoms with van der Waals surface area (Å²) in [6.07, 6.45) is 6.12. The van der Waals surface area contributed by atoms with Gasteiger partial charge in [-0.15, -0.1) is 0 Å². The summed E-state index contributed by atoms with van der Waals surface area (Å²) in [6, 6.07) is 8.94. The van der Waals surface area contributed by atoms with Gasteiger partial charge in [0.15, 0.2) is 11.3 Å². The fraction of sp³-hybridized carbons (Fsp3) is 0. The van der Waals surface area contributed by atoms with E-state index >= 15 is 0 Å². The van der Waals surface area contributed by atoms with Crippen LogP contribution in [0.1, 0.15) is 10.5 Å². The predicted molar refractivity (Wildman–Crippen MR) is 108 cm³/mol. The normalized spacial score (nSPS) is 11.3. The Balaban J connectivity index is 1.52. The SMILES string of the molecule is O=C(Nc1ccc(S(=O)(=O)Nc2ncccn2)cc1)c1nn2cccnc2c1Br. The fourth-order valence-corrected chi connectivity index (χ4v) is 3.94. The van der Waals surface area contributed by atoms with Crippen molar-refractivity contribution >= 4 is 49.1 Å². The topological polar surface area (TPSA) is 131 Å². The van der Waals surface area contributed by atoms with Crippen LogP contribution in [-0.2, 0) is 10.0 Å². The van der Waals surface area contributed by atoms with Gasteiger partial charge in [0.2, 0.25) is 5.95 Å². The van der Waals surface area contributed by atoms with Gasteiger partial charge in [0.25, 0.3) is 15.9 Å². The van der Waals surface area contributed by atoms with Crippen LogP contribution in [0.25, 0.3) is 5.65 Å². The Hall–Kier alpha value is -3.38. The summed E-state index contributed by atoms with van der Waals surface area (Å²) in [5, 5.41) is 6.86. The molecule has 0 saturated heterocycles. The molecule has 12 heteroatoms. The van der Waals surface area contributed by atoms with Crippen LogP contribution in [0.4, 0.5) is 11.6 Å². The largest absolute Gasteiger partial charge is 0.321 e. The number of fused-ring (bicyclic) bond motifs is 1. The van der Waals surface area contributed by atoms with Gasteiger partial charge in [-0.2, -0.15) is 5.10 Å². The van der Waals surface area contributed by atoms with Gasteiger partial charge in [0.1, 0.15) is 0 Å². The number of aromatic nitrogens is 5. The van der Waals surface area contributed by atoms with Crippen LogP contribution in [-0.4, -0.2) is 38.9 Å². The summed E-state index contributed by atoms with van der Waals surface area (Å²) in [5.74, 6) is -0.496. The molecule has 3 heterocycles. The van der Waals surface area contributed by atoms with Gasteiger partial charge in [-0.1, -0.05) is 0 Å². The maximum absolute atomic E-state index is 12.5. The Morgan fingerprint density at radius 3 is 2.38 bits per heavy atom. The second-order valence-corrected chi connectivity index (χ2v) is 8.18. The first-order valence-corrected chi connectivity index (χ1v) is 10.4. The standard InChI is InChI=1S/C17H12BrN7O3S/c18-13-14(23-25-10-2-9-19-15(13)25)16(26)22-11-3-5-12(6-4-11)29(27,28)24-17-20-7-1-8-21-17/h1-10H,(H,22,26)(H,20,21,24). The lowest BCUT2D eigenvalue weighted by atomic mass is 10.3. The number of benzene rings is 1. The van der Waals surface area contributed by atoms with E-state index in [1.807, 2.05) is 0 Å². The number of nitrogens with one attached hydrogen (secondary N) is 2. The first-order valence-electron chi connectivity index (χ1n) is 8.14. The molecule has 4 rings (SSSR count). The number of rotatable bonds is 5. The summed E-state index contributed by atoms with van der Waals surface area (Å²) >= 11 is 3.33. The van der Waals surface area contributed by atoms with E-state index in [0.717, 1.165) is 0 Å². The Bertz CT molecular complexity index is 1290. The molecule has 4 aromatic rings. The van der Waals surface area contributed by atoms with Gasteiger partial charge >= 0.3 is 0 Å². The Morgan fingerprint density at radius 1 is 1.00 bits per heavy atom. The highest BCUT2D eigenvalue weighted by Gasteiger charge is 2.19. The molecule has 0 saturated carbocycles. The quantitative estimate of drug-likeness (QED) is 0.454. The van der Waals surface area contributed by atoms with Crippen molar-refractivity contribution in [2.75, 3.05) is 10.0 Å². The molecule has 29 heavy (non-hydrogen) atoms.